The van der Waals surface area contributed by atoms with E-state index in [0.29, 0.717) is 26.8 Å². The van der Waals surface area contributed by atoms with Crippen LogP contribution in [0.4, 0.5) is 10.8 Å². The summed E-state index contributed by atoms with van der Waals surface area (Å²) in [5.74, 6) is -0.350. The van der Waals surface area contributed by atoms with Crippen LogP contribution in [0.5, 0.6) is 0 Å². The minimum absolute atomic E-state index is 0.0263. The van der Waals surface area contributed by atoms with Gasteiger partial charge in [-0.3, -0.25) is 19.7 Å². The van der Waals surface area contributed by atoms with Gasteiger partial charge < -0.3 is 5.32 Å². The van der Waals surface area contributed by atoms with Gasteiger partial charge in [-0.05, 0) is 26.0 Å². The Labute approximate surface area is 169 Å². The molecule has 2 aromatic heterocycles. The number of aromatic nitrogens is 1. The standard InChI is InChI=1S/C19H17N3O4S2/c1-11-3-5-13(9-15(11)22(25)26)14-10-27-19(20-14)21-18(24)8-6-16(23)17-7-4-12(2)28-17/h3-5,7,9-10H,6,8H2,1-2H3,(H,20,21,24). The number of thiophene rings is 1. The van der Waals surface area contributed by atoms with E-state index >= 15 is 0 Å². The Balaban J connectivity index is 1.61. The molecule has 2 heterocycles. The predicted octanol–water partition coefficient (Wildman–Crippen LogP) is 5.00. The van der Waals surface area contributed by atoms with Gasteiger partial charge in [0, 0.05) is 40.3 Å². The van der Waals surface area contributed by atoms with E-state index < -0.39 is 4.92 Å². The van der Waals surface area contributed by atoms with Crippen molar-refractivity contribution in [2.24, 2.45) is 0 Å². The number of carbonyl (C=O) groups is 2. The SMILES string of the molecule is Cc1ccc(C(=O)CCC(=O)Nc2nc(-c3ccc(C)c([N+](=O)[O-])c3)cs2)s1. The Morgan fingerprint density at radius 1 is 1.18 bits per heavy atom. The molecule has 7 nitrogen and oxygen atoms in total. The Kier molecular flexibility index (Phi) is 5.96. The zero-order valence-electron chi connectivity index (χ0n) is 15.2. The summed E-state index contributed by atoms with van der Waals surface area (Å²) in [6, 6.07) is 8.55. The fourth-order valence-electron chi connectivity index (χ4n) is 2.55. The zero-order chi connectivity index (χ0) is 20.3. The number of thiazole rings is 1. The number of Topliss-reactive ketones (excluding diaryl/α,β-unsaturated/α-hetero) is 1. The zero-order valence-corrected chi connectivity index (χ0v) is 16.9. The quantitative estimate of drug-likeness (QED) is 0.332. The van der Waals surface area contributed by atoms with Crippen LogP contribution < -0.4 is 5.32 Å². The van der Waals surface area contributed by atoms with Crippen molar-refractivity contribution in [3.05, 3.63) is 61.1 Å². The Bertz CT molecular complexity index is 1060. The fourth-order valence-corrected chi connectivity index (χ4v) is 4.12. The van der Waals surface area contributed by atoms with Gasteiger partial charge in [0.25, 0.3) is 5.69 Å². The molecule has 9 heteroatoms. The van der Waals surface area contributed by atoms with Crippen LogP contribution in [0.3, 0.4) is 0 Å². The molecule has 3 rings (SSSR count). The number of nitro groups is 1. The van der Waals surface area contributed by atoms with Gasteiger partial charge in [-0.1, -0.05) is 12.1 Å². The number of carbonyl (C=O) groups excluding carboxylic acids is 2. The molecule has 0 saturated carbocycles. The van der Waals surface area contributed by atoms with Crippen molar-refractivity contribution in [2.75, 3.05) is 5.32 Å². The summed E-state index contributed by atoms with van der Waals surface area (Å²) in [4.78, 5) is 40.9. The fraction of sp³-hybridized carbons (Fsp3) is 0.211. The van der Waals surface area contributed by atoms with Gasteiger partial charge in [0.1, 0.15) is 0 Å². The van der Waals surface area contributed by atoms with Crippen LogP contribution in [0.2, 0.25) is 0 Å². The van der Waals surface area contributed by atoms with Crippen LogP contribution in [0, 0.1) is 24.0 Å². The molecule has 0 unspecified atom stereocenters. The smallest absolute Gasteiger partial charge is 0.272 e. The minimum atomic E-state index is -0.431. The topological polar surface area (TPSA) is 102 Å². The van der Waals surface area contributed by atoms with E-state index in [4.69, 9.17) is 0 Å². The summed E-state index contributed by atoms with van der Waals surface area (Å²) < 4.78 is 0. The lowest BCUT2D eigenvalue weighted by atomic mass is 10.1. The average molecular weight is 415 g/mol. The maximum atomic E-state index is 12.1. The second-order valence-corrected chi connectivity index (χ2v) is 8.32. The van der Waals surface area contributed by atoms with Crippen LogP contribution in [0.25, 0.3) is 11.3 Å². The molecule has 28 heavy (non-hydrogen) atoms. The molecule has 0 spiro atoms. The summed E-state index contributed by atoms with van der Waals surface area (Å²) in [5.41, 5.74) is 1.76. The number of ketones is 1. The molecule has 0 bridgehead atoms. The highest BCUT2D eigenvalue weighted by molar-refractivity contribution is 7.14. The van der Waals surface area contributed by atoms with Gasteiger partial charge in [-0.25, -0.2) is 4.98 Å². The maximum absolute atomic E-state index is 12.1. The van der Waals surface area contributed by atoms with Crippen molar-refractivity contribution in [3.63, 3.8) is 0 Å². The Morgan fingerprint density at radius 3 is 2.64 bits per heavy atom. The number of amides is 1. The number of rotatable bonds is 7. The van der Waals surface area contributed by atoms with Crippen LogP contribution in [0.15, 0.2) is 35.7 Å². The van der Waals surface area contributed by atoms with Gasteiger partial charge in [0.05, 0.1) is 15.5 Å². The molecule has 0 aliphatic heterocycles. The number of benzene rings is 1. The lowest BCUT2D eigenvalue weighted by Gasteiger charge is -2.02. The van der Waals surface area contributed by atoms with Crippen molar-refractivity contribution < 1.29 is 14.5 Å². The maximum Gasteiger partial charge on any atom is 0.272 e. The normalized spacial score (nSPS) is 10.6. The van der Waals surface area contributed by atoms with E-state index in [9.17, 15) is 19.7 Å². The van der Waals surface area contributed by atoms with Gasteiger partial charge in [0.15, 0.2) is 10.9 Å². The summed E-state index contributed by atoms with van der Waals surface area (Å²) in [7, 11) is 0. The Hall–Kier alpha value is -2.91. The van der Waals surface area contributed by atoms with Crippen molar-refractivity contribution in [1.29, 1.82) is 0 Å². The van der Waals surface area contributed by atoms with Crippen molar-refractivity contribution in [2.45, 2.75) is 26.7 Å². The molecule has 0 saturated heterocycles. The molecule has 0 aliphatic rings. The highest BCUT2D eigenvalue weighted by atomic mass is 32.1. The number of aryl methyl sites for hydroxylation is 2. The number of anilines is 1. The van der Waals surface area contributed by atoms with Crippen molar-refractivity contribution in [1.82, 2.24) is 4.98 Å². The molecule has 144 valence electrons. The highest BCUT2D eigenvalue weighted by Crippen LogP contribution is 2.29. The Morgan fingerprint density at radius 2 is 1.96 bits per heavy atom. The lowest BCUT2D eigenvalue weighted by Crippen LogP contribution is -2.13. The molecule has 0 fully saturated rings. The molecule has 1 N–H and O–H groups in total. The molecule has 0 atom stereocenters. The molecule has 0 aliphatic carbocycles. The summed E-state index contributed by atoms with van der Waals surface area (Å²) in [5, 5.41) is 15.9. The van der Waals surface area contributed by atoms with E-state index in [2.05, 4.69) is 10.3 Å². The van der Waals surface area contributed by atoms with Crippen molar-refractivity contribution >= 4 is 45.2 Å². The van der Waals surface area contributed by atoms with E-state index in [1.807, 2.05) is 13.0 Å². The third-order valence-electron chi connectivity index (χ3n) is 4.05. The van der Waals surface area contributed by atoms with E-state index in [1.165, 1.54) is 28.7 Å². The van der Waals surface area contributed by atoms with Gasteiger partial charge in [-0.2, -0.15) is 0 Å². The average Bonchev–Trinajstić information content (AvgIpc) is 3.29. The summed E-state index contributed by atoms with van der Waals surface area (Å²) in [6.07, 6.45) is 0.203. The molecule has 1 amide bonds. The van der Waals surface area contributed by atoms with Crippen molar-refractivity contribution in [3.8, 4) is 11.3 Å². The molecule has 3 aromatic rings. The highest BCUT2D eigenvalue weighted by Gasteiger charge is 2.15. The first kappa shape index (κ1) is 19.8. The summed E-state index contributed by atoms with van der Waals surface area (Å²) in [6.45, 7) is 3.60. The van der Waals surface area contributed by atoms with E-state index in [0.717, 1.165) is 4.88 Å². The molecule has 0 radical (unpaired) electrons. The third kappa shape index (κ3) is 4.68. The minimum Gasteiger partial charge on any atom is -0.302 e. The second-order valence-electron chi connectivity index (χ2n) is 6.18. The summed E-state index contributed by atoms with van der Waals surface area (Å²) >= 11 is 2.65. The van der Waals surface area contributed by atoms with Crippen LogP contribution >= 0.6 is 22.7 Å². The lowest BCUT2D eigenvalue weighted by molar-refractivity contribution is -0.385. The molecular formula is C19H17N3O4S2. The monoisotopic (exact) mass is 415 g/mol. The molecular weight excluding hydrogens is 398 g/mol. The second kappa shape index (κ2) is 8.41. The number of nitrogens with zero attached hydrogens (tertiary/aromatic N) is 2. The number of nitrogens with one attached hydrogen (secondary N) is 1. The number of hydrogen-bond donors (Lipinski definition) is 1. The number of hydrogen-bond acceptors (Lipinski definition) is 7. The van der Waals surface area contributed by atoms with E-state index in [1.54, 1.807) is 30.5 Å². The van der Waals surface area contributed by atoms with Gasteiger partial charge in [0.2, 0.25) is 5.91 Å². The van der Waals surface area contributed by atoms with Gasteiger partial charge in [-0.15, -0.1) is 22.7 Å². The largest absolute Gasteiger partial charge is 0.302 e. The first-order valence-corrected chi connectivity index (χ1v) is 10.1. The first-order chi connectivity index (χ1) is 13.3. The molecule has 1 aromatic carbocycles. The van der Waals surface area contributed by atoms with Crippen LogP contribution in [-0.4, -0.2) is 21.6 Å². The van der Waals surface area contributed by atoms with Crippen LogP contribution in [0.1, 0.15) is 33.0 Å². The van der Waals surface area contributed by atoms with Gasteiger partial charge >= 0.3 is 0 Å². The third-order valence-corrected chi connectivity index (χ3v) is 5.85. The first-order valence-electron chi connectivity index (χ1n) is 8.44. The van der Waals surface area contributed by atoms with Crippen LogP contribution in [-0.2, 0) is 4.79 Å². The van der Waals surface area contributed by atoms with E-state index in [-0.39, 0.29) is 30.2 Å². The number of nitro benzene ring substituents is 1. The predicted molar refractivity (Wildman–Crippen MR) is 110 cm³/mol.